The number of nitrogens with one attached hydrogen (secondary N) is 2. The number of ether oxygens (including phenoxy) is 1. The Kier molecular flexibility index (Phi) is 6.98. The summed E-state index contributed by atoms with van der Waals surface area (Å²) in [6.07, 6.45) is 10.1. The Morgan fingerprint density at radius 2 is 1.85 bits per heavy atom. The lowest BCUT2D eigenvalue weighted by Crippen LogP contribution is -2.45. The molecule has 2 aromatic rings. The third kappa shape index (κ3) is 5.10. The third-order valence-corrected chi connectivity index (χ3v) is 7.62. The summed E-state index contributed by atoms with van der Waals surface area (Å²) >= 11 is 0. The van der Waals surface area contributed by atoms with E-state index >= 15 is 0 Å². The predicted octanol–water partition coefficient (Wildman–Crippen LogP) is 4.89. The Morgan fingerprint density at radius 3 is 2.67 bits per heavy atom. The Bertz CT molecular complexity index is 955. The van der Waals surface area contributed by atoms with E-state index in [4.69, 9.17) is 4.74 Å². The number of rotatable bonds is 6. The largest absolute Gasteiger partial charge is 0.490 e. The van der Waals surface area contributed by atoms with Crippen LogP contribution in [0.5, 0.6) is 5.75 Å². The highest BCUT2D eigenvalue weighted by Gasteiger charge is 2.28. The molecule has 2 fully saturated rings. The molecule has 1 saturated carbocycles. The number of hydrogen-bond acceptors (Lipinski definition) is 4. The van der Waals surface area contributed by atoms with Crippen LogP contribution in [-0.4, -0.2) is 31.6 Å². The molecule has 2 unspecified atom stereocenters. The maximum atomic E-state index is 12.3. The van der Waals surface area contributed by atoms with Crippen molar-refractivity contribution in [2.45, 2.75) is 82.5 Å². The maximum Gasteiger partial charge on any atom is 0.227 e. The van der Waals surface area contributed by atoms with Gasteiger partial charge in [0.2, 0.25) is 5.91 Å². The SMILES string of the molecule is CN1C(=O)CCc2cc(OC3CCCCC3)c(CNC3CCCNC3c3ccccc3)cc21. The zero-order valence-corrected chi connectivity index (χ0v) is 19.8. The van der Waals surface area contributed by atoms with Gasteiger partial charge in [0.15, 0.2) is 0 Å². The summed E-state index contributed by atoms with van der Waals surface area (Å²) in [6, 6.07) is 15.8. The van der Waals surface area contributed by atoms with E-state index in [-0.39, 0.29) is 5.91 Å². The van der Waals surface area contributed by atoms with Gasteiger partial charge in [0, 0.05) is 43.3 Å². The molecule has 3 aliphatic rings. The van der Waals surface area contributed by atoms with Crippen LogP contribution >= 0.6 is 0 Å². The van der Waals surface area contributed by atoms with E-state index in [0.29, 0.717) is 24.6 Å². The van der Waals surface area contributed by atoms with Crippen LogP contribution in [0.1, 0.15) is 74.1 Å². The van der Waals surface area contributed by atoms with Gasteiger partial charge in [-0.3, -0.25) is 4.79 Å². The van der Waals surface area contributed by atoms with E-state index in [1.54, 1.807) is 0 Å². The molecule has 1 amide bonds. The summed E-state index contributed by atoms with van der Waals surface area (Å²) in [5.74, 6) is 1.21. The minimum Gasteiger partial charge on any atom is -0.490 e. The molecule has 5 nitrogen and oxygen atoms in total. The second-order valence-electron chi connectivity index (χ2n) is 9.89. The fourth-order valence-corrected chi connectivity index (χ4v) is 5.68. The van der Waals surface area contributed by atoms with E-state index in [1.807, 2.05) is 11.9 Å². The number of piperidine rings is 1. The molecular weight excluding hydrogens is 410 g/mol. The summed E-state index contributed by atoms with van der Waals surface area (Å²) < 4.78 is 6.61. The normalized spacial score (nSPS) is 23.9. The molecule has 2 N–H and O–H groups in total. The first kappa shape index (κ1) is 22.4. The first-order chi connectivity index (χ1) is 16.2. The molecule has 1 saturated heterocycles. The molecule has 5 rings (SSSR count). The van der Waals surface area contributed by atoms with E-state index < -0.39 is 0 Å². The van der Waals surface area contributed by atoms with Crippen LogP contribution in [0.4, 0.5) is 5.69 Å². The van der Waals surface area contributed by atoms with Crippen molar-refractivity contribution in [2.24, 2.45) is 0 Å². The molecule has 2 atom stereocenters. The van der Waals surface area contributed by atoms with Crippen LogP contribution in [0.3, 0.4) is 0 Å². The number of anilines is 1. The molecule has 2 aliphatic heterocycles. The van der Waals surface area contributed by atoms with Gasteiger partial charge < -0.3 is 20.3 Å². The number of carbonyl (C=O) groups excluding carboxylic acids is 1. The summed E-state index contributed by atoms with van der Waals surface area (Å²) in [7, 11) is 1.90. The van der Waals surface area contributed by atoms with Gasteiger partial charge in [-0.15, -0.1) is 0 Å². The first-order valence-electron chi connectivity index (χ1n) is 12.8. The van der Waals surface area contributed by atoms with Crippen LogP contribution in [0, 0.1) is 0 Å². The molecule has 176 valence electrons. The van der Waals surface area contributed by atoms with Crippen molar-refractivity contribution in [3.8, 4) is 5.75 Å². The first-order valence-corrected chi connectivity index (χ1v) is 12.8. The standard InChI is InChI=1S/C28H37N3O2/c1-31-25-17-22(19-30-24-13-8-16-29-28(24)20-9-4-2-5-10-20)26(18-21(25)14-15-27(31)32)33-23-11-6-3-7-12-23/h2,4-5,9-10,17-18,23-24,28-30H,3,6-8,11-16,19H2,1H3. The Balaban J connectivity index is 1.38. The summed E-state index contributed by atoms with van der Waals surface area (Å²) in [4.78, 5) is 14.2. The number of nitrogens with zero attached hydrogens (tertiary/aromatic N) is 1. The molecule has 0 radical (unpaired) electrons. The predicted molar refractivity (Wildman–Crippen MR) is 133 cm³/mol. The number of aryl methyl sites for hydroxylation is 1. The van der Waals surface area contributed by atoms with Gasteiger partial charge in [-0.1, -0.05) is 36.8 Å². The monoisotopic (exact) mass is 447 g/mol. The Hall–Kier alpha value is -2.37. The van der Waals surface area contributed by atoms with Crippen LogP contribution in [0.2, 0.25) is 0 Å². The lowest BCUT2D eigenvalue weighted by molar-refractivity contribution is -0.118. The molecule has 5 heteroatoms. The van der Waals surface area contributed by atoms with Crippen LogP contribution in [0.15, 0.2) is 42.5 Å². The Labute approximate surface area is 197 Å². The van der Waals surface area contributed by atoms with Crippen molar-refractivity contribution in [3.63, 3.8) is 0 Å². The summed E-state index contributed by atoms with van der Waals surface area (Å²) in [6.45, 7) is 1.80. The van der Waals surface area contributed by atoms with Crippen LogP contribution in [0.25, 0.3) is 0 Å². The Morgan fingerprint density at radius 1 is 1.03 bits per heavy atom. The fraction of sp³-hybridized carbons (Fsp3) is 0.536. The number of fused-ring (bicyclic) bond motifs is 1. The average molecular weight is 448 g/mol. The molecule has 1 aliphatic carbocycles. The van der Waals surface area contributed by atoms with Gasteiger partial charge in [-0.25, -0.2) is 0 Å². The van der Waals surface area contributed by atoms with Crippen LogP contribution < -0.4 is 20.3 Å². The van der Waals surface area contributed by atoms with E-state index in [9.17, 15) is 4.79 Å². The van der Waals surface area contributed by atoms with Gasteiger partial charge in [0.1, 0.15) is 5.75 Å². The maximum absolute atomic E-state index is 12.3. The number of amides is 1. The molecule has 0 bridgehead atoms. The number of benzene rings is 2. The van der Waals surface area contributed by atoms with Crippen molar-refractivity contribution in [3.05, 3.63) is 59.2 Å². The smallest absolute Gasteiger partial charge is 0.227 e. The van der Waals surface area contributed by atoms with E-state index in [1.165, 1.54) is 42.4 Å². The average Bonchev–Trinajstić information content (AvgIpc) is 2.87. The minimum absolute atomic E-state index is 0.197. The minimum atomic E-state index is 0.197. The van der Waals surface area contributed by atoms with Crippen molar-refractivity contribution in [1.82, 2.24) is 10.6 Å². The lowest BCUT2D eigenvalue weighted by Gasteiger charge is -2.34. The second kappa shape index (κ2) is 10.3. The molecule has 2 heterocycles. The fourth-order valence-electron chi connectivity index (χ4n) is 5.68. The van der Waals surface area contributed by atoms with Crippen molar-refractivity contribution >= 4 is 11.6 Å². The zero-order valence-electron chi connectivity index (χ0n) is 19.8. The van der Waals surface area contributed by atoms with Gasteiger partial charge in [-0.2, -0.15) is 0 Å². The molecule has 0 aromatic heterocycles. The molecular formula is C28H37N3O2. The van der Waals surface area contributed by atoms with Gasteiger partial charge in [-0.05, 0) is 74.8 Å². The highest BCUT2D eigenvalue weighted by molar-refractivity contribution is 5.96. The summed E-state index contributed by atoms with van der Waals surface area (Å²) in [5, 5.41) is 7.57. The van der Waals surface area contributed by atoms with E-state index in [2.05, 4.69) is 53.1 Å². The summed E-state index contributed by atoms with van der Waals surface area (Å²) in [5.41, 5.74) is 4.77. The van der Waals surface area contributed by atoms with Gasteiger partial charge in [0.25, 0.3) is 0 Å². The van der Waals surface area contributed by atoms with Crippen LogP contribution in [-0.2, 0) is 17.8 Å². The van der Waals surface area contributed by atoms with Gasteiger partial charge in [0.05, 0.1) is 6.10 Å². The second-order valence-corrected chi connectivity index (χ2v) is 9.89. The topological polar surface area (TPSA) is 53.6 Å². The van der Waals surface area contributed by atoms with Crippen molar-refractivity contribution in [1.29, 1.82) is 0 Å². The van der Waals surface area contributed by atoms with Crippen molar-refractivity contribution in [2.75, 3.05) is 18.5 Å². The molecule has 33 heavy (non-hydrogen) atoms. The molecule has 0 spiro atoms. The highest BCUT2D eigenvalue weighted by atomic mass is 16.5. The third-order valence-electron chi connectivity index (χ3n) is 7.62. The quantitative estimate of drug-likeness (QED) is 0.662. The van der Waals surface area contributed by atoms with Crippen molar-refractivity contribution < 1.29 is 9.53 Å². The lowest BCUT2D eigenvalue weighted by atomic mass is 9.92. The number of carbonyl (C=O) groups is 1. The molecule has 2 aromatic carbocycles. The zero-order chi connectivity index (χ0) is 22.6. The highest BCUT2D eigenvalue weighted by Crippen LogP contribution is 2.36. The van der Waals surface area contributed by atoms with Gasteiger partial charge >= 0.3 is 0 Å². The number of hydrogen-bond donors (Lipinski definition) is 2. The van der Waals surface area contributed by atoms with E-state index in [0.717, 1.165) is 50.2 Å².